The zero-order chi connectivity index (χ0) is 18.7. The Kier molecular flexibility index (Phi) is 7.37. The molecule has 0 radical (unpaired) electrons. The van der Waals surface area contributed by atoms with Gasteiger partial charge in [-0.25, -0.2) is 4.79 Å². The lowest BCUT2D eigenvalue weighted by Gasteiger charge is -2.37. The number of halogens is 1. The standard InChI is InChI=1S/C16H30IN3O4S/c1-16(2,3)24-15(21)18-14-6-10-20(11-7-14)25(22,23)19-8-4-13(12-17)5-9-19/h13-14H,4-12H2,1-3H3,(H,18,21). The Morgan fingerprint density at radius 3 is 2.00 bits per heavy atom. The zero-order valence-electron chi connectivity index (χ0n) is 15.3. The van der Waals surface area contributed by atoms with Crippen LogP contribution in [0.4, 0.5) is 4.79 Å². The summed E-state index contributed by atoms with van der Waals surface area (Å²) in [5, 5.41) is 2.84. The summed E-state index contributed by atoms with van der Waals surface area (Å²) in [6.45, 7) is 7.58. The van der Waals surface area contributed by atoms with Crippen molar-refractivity contribution in [1.29, 1.82) is 0 Å². The second-order valence-electron chi connectivity index (χ2n) is 7.82. The van der Waals surface area contributed by atoms with Crippen LogP contribution in [-0.2, 0) is 14.9 Å². The van der Waals surface area contributed by atoms with Gasteiger partial charge in [-0.2, -0.15) is 17.0 Å². The fourth-order valence-corrected chi connectivity index (χ4v) is 5.71. The van der Waals surface area contributed by atoms with Crippen molar-refractivity contribution in [2.45, 2.75) is 58.1 Å². The SMILES string of the molecule is CC(C)(C)OC(=O)NC1CCN(S(=O)(=O)N2CCC(CI)CC2)CC1. The Morgan fingerprint density at radius 2 is 1.56 bits per heavy atom. The summed E-state index contributed by atoms with van der Waals surface area (Å²) < 4.78 is 35.1. The molecule has 0 atom stereocenters. The molecular formula is C16H30IN3O4S. The first-order valence-corrected chi connectivity index (χ1v) is 11.8. The second-order valence-corrected chi connectivity index (χ2v) is 10.6. The van der Waals surface area contributed by atoms with Crippen molar-refractivity contribution in [3.8, 4) is 0 Å². The molecule has 0 aromatic carbocycles. The van der Waals surface area contributed by atoms with E-state index in [2.05, 4.69) is 27.9 Å². The van der Waals surface area contributed by atoms with E-state index in [1.54, 1.807) is 8.61 Å². The lowest BCUT2D eigenvalue weighted by Crippen LogP contribution is -2.52. The molecule has 0 spiro atoms. The van der Waals surface area contributed by atoms with E-state index in [4.69, 9.17) is 4.74 Å². The summed E-state index contributed by atoms with van der Waals surface area (Å²) in [4.78, 5) is 11.8. The maximum Gasteiger partial charge on any atom is 0.407 e. The van der Waals surface area contributed by atoms with Crippen LogP contribution in [0.1, 0.15) is 46.5 Å². The van der Waals surface area contributed by atoms with Crippen molar-refractivity contribution < 1.29 is 17.9 Å². The number of ether oxygens (including phenoxy) is 1. The number of nitrogens with zero attached hydrogens (tertiary/aromatic N) is 2. The van der Waals surface area contributed by atoms with Gasteiger partial charge >= 0.3 is 6.09 Å². The number of piperidine rings is 2. The third-order valence-electron chi connectivity index (χ3n) is 4.62. The number of hydrogen-bond acceptors (Lipinski definition) is 4. The molecule has 25 heavy (non-hydrogen) atoms. The first kappa shape index (κ1) is 21.2. The molecule has 2 heterocycles. The Labute approximate surface area is 165 Å². The molecule has 0 saturated carbocycles. The number of amides is 1. The number of carbonyl (C=O) groups is 1. The molecule has 2 aliphatic rings. The lowest BCUT2D eigenvalue weighted by molar-refractivity contribution is 0.0489. The van der Waals surface area contributed by atoms with Gasteiger partial charge in [-0.15, -0.1) is 0 Å². The van der Waals surface area contributed by atoms with Gasteiger partial charge in [0, 0.05) is 36.6 Å². The fraction of sp³-hybridized carbons (Fsp3) is 0.938. The third-order valence-corrected chi connectivity index (χ3v) is 7.90. The Balaban J connectivity index is 1.82. The average Bonchev–Trinajstić information content (AvgIpc) is 2.53. The molecule has 146 valence electrons. The van der Waals surface area contributed by atoms with Crippen LogP contribution in [-0.4, -0.2) is 65.4 Å². The minimum atomic E-state index is -3.38. The van der Waals surface area contributed by atoms with Crippen molar-refractivity contribution >= 4 is 38.9 Å². The van der Waals surface area contributed by atoms with Crippen LogP contribution < -0.4 is 5.32 Å². The Bertz CT molecular complexity index is 548. The van der Waals surface area contributed by atoms with Gasteiger partial charge in [-0.3, -0.25) is 0 Å². The molecule has 9 heteroatoms. The van der Waals surface area contributed by atoms with E-state index in [1.807, 2.05) is 20.8 Å². The largest absolute Gasteiger partial charge is 0.444 e. The molecule has 2 saturated heterocycles. The topological polar surface area (TPSA) is 79.0 Å². The third kappa shape index (κ3) is 6.21. The number of alkyl carbamates (subject to hydrolysis) is 1. The van der Waals surface area contributed by atoms with Gasteiger partial charge in [0.05, 0.1) is 0 Å². The van der Waals surface area contributed by atoms with Gasteiger partial charge in [0.25, 0.3) is 10.2 Å². The summed E-state index contributed by atoms with van der Waals surface area (Å²) >= 11 is 2.37. The quantitative estimate of drug-likeness (QED) is 0.488. The molecular weight excluding hydrogens is 457 g/mol. The molecule has 0 unspecified atom stereocenters. The Morgan fingerprint density at radius 1 is 1.08 bits per heavy atom. The van der Waals surface area contributed by atoms with Gasteiger partial charge in [0.1, 0.15) is 5.60 Å². The van der Waals surface area contributed by atoms with E-state index in [1.165, 1.54) is 0 Å². The van der Waals surface area contributed by atoms with Crippen LogP contribution in [0.5, 0.6) is 0 Å². The maximum absolute atomic E-state index is 12.8. The van der Waals surface area contributed by atoms with Crippen LogP contribution in [0.15, 0.2) is 0 Å². The predicted octanol–water partition coefficient (Wildman–Crippen LogP) is 2.37. The molecule has 0 aromatic rings. The van der Waals surface area contributed by atoms with Crippen molar-refractivity contribution in [1.82, 2.24) is 13.9 Å². The van der Waals surface area contributed by atoms with E-state index < -0.39 is 21.9 Å². The predicted molar refractivity (Wildman–Crippen MR) is 106 cm³/mol. The summed E-state index contributed by atoms with van der Waals surface area (Å²) in [5.41, 5.74) is -0.530. The molecule has 0 aliphatic carbocycles. The van der Waals surface area contributed by atoms with Crippen LogP contribution in [0.2, 0.25) is 0 Å². The van der Waals surface area contributed by atoms with Gasteiger partial charge in [0.15, 0.2) is 0 Å². The van der Waals surface area contributed by atoms with Gasteiger partial charge < -0.3 is 10.1 Å². The minimum absolute atomic E-state index is 0.0361. The summed E-state index contributed by atoms with van der Waals surface area (Å²) in [6, 6.07) is -0.0361. The van der Waals surface area contributed by atoms with Crippen LogP contribution >= 0.6 is 22.6 Å². The molecule has 1 amide bonds. The van der Waals surface area contributed by atoms with Crippen molar-refractivity contribution in [3.05, 3.63) is 0 Å². The number of alkyl halides is 1. The summed E-state index contributed by atoms with van der Waals surface area (Å²) in [6.07, 6.45) is 2.68. The van der Waals surface area contributed by atoms with E-state index in [9.17, 15) is 13.2 Å². The molecule has 0 bridgehead atoms. The van der Waals surface area contributed by atoms with E-state index in [0.717, 1.165) is 17.3 Å². The van der Waals surface area contributed by atoms with Crippen molar-refractivity contribution in [3.63, 3.8) is 0 Å². The van der Waals surface area contributed by atoms with Crippen LogP contribution in [0.3, 0.4) is 0 Å². The molecule has 1 N–H and O–H groups in total. The summed E-state index contributed by atoms with van der Waals surface area (Å²) in [7, 11) is -3.38. The highest BCUT2D eigenvalue weighted by atomic mass is 127. The normalized spacial score (nSPS) is 22.7. The highest BCUT2D eigenvalue weighted by Crippen LogP contribution is 2.24. The van der Waals surface area contributed by atoms with Crippen molar-refractivity contribution in [2.24, 2.45) is 5.92 Å². The molecule has 7 nitrogen and oxygen atoms in total. The van der Waals surface area contributed by atoms with Gasteiger partial charge in [0.2, 0.25) is 0 Å². The van der Waals surface area contributed by atoms with Gasteiger partial charge in [-0.1, -0.05) is 22.6 Å². The Hall–Kier alpha value is -0.130. The average molecular weight is 487 g/mol. The second kappa shape index (κ2) is 8.71. The summed E-state index contributed by atoms with van der Waals surface area (Å²) in [5.74, 6) is 0.635. The van der Waals surface area contributed by atoms with E-state index in [-0.39, 0.29) is 6.04 Å². The molecule has 2 rings (SSSR count). The van der Waals surface area contributed by atoms with Crippen LogP contribution in [0.25, 0.3) is 0 Å². The van der Waals surface area contributed by atoms with Crippen LogP contribution in [0, 0.1) is 5.92 Å². The minimum Gasteiger partial charge on any atom is -0.444 e. The first-order chi connectivity index (χ1) is 11.6. The molecule has 2 aliphatic heterocycles. The lowest BCUT2D eigenvalue weighted by atomic mass is 10.0. The first-order valence-electron chi connectivity index (χ1n) is 8.92. The maximum atomic E-state index is 12.8. The smallest absolute Gasteiger partial charge is 0.407 e. The highest BCUT2D eigenvalue weighted by molar-refractivity contribution is 14.1. The zero-order valence-corrected chi connectivity index (χ0v) is 18.3. The van der Waals surface area contributed by atoms with Crippen molar-refractivity contribution in [2.75, 3.05) is 30.6 Å². The molecule has 2 fully saturated rings. The molecule has 0 aromatic heterocycles. The number of carbonyl (C=O) groups excluding carboxylic acids is 1. The number of rotatable bonds is 4. The highest BCUT2D eigenvalue weighted by Gasteiger charge is 2.35. The van der Waals surface area contributed by atoms with E-state index >= 15 is 0 Å². The fourth-order valence-electron chi connectivity index (χ4n) is 3.16. The number of nitrogens with one attached hydrogen (secondary N) is 1. The van der Waals surface area contributed by atoms with E-state index in [0.29, 0.717) is 44.9 Å². The number of hydrogen-bond donors (Lipinski definition) is 1. The van der Waals surface area contributed by atoms with Gasteiger partial charge in [-0.05, 0) is 52.4 Å². The monoisotopic (exact) mass is 487 g/mol.